The van der Waals surface area contributed by atoms with E-state index in [1.54, 1.807) is 22.4 Å². The molecule has 1 aliphatic rings. The first-order chi connectivity index (χ1) is 13.2. The van der Waals surface area contributed by atoms with E-state index < -0.39 is 0 Å². The molecule has 0 saturated carbocycles. The van der Waals surface area contributed by atoms with Gasteiger partial charge in [-0.25, -0.2) is 19.7 Å². The van der Waals surface area contributed by atoms with Crippen LogP contribution in [0.15, 0.2) is 42.7 Å². The quantitative estimate of drug-likeness (QED) is 0.663. The van der Waals surface area contributed by atoms with Crippen LogP contribution < -0.4 is 10.6 Å². The van der Waals surface area contributed by atoms with E-state index in [0.717, 1.165) is 27.7 Å². The van der Waals surface area contributed by atoms with Gasteiger partial charge in [-0.1, -0.05) is 23.7 Å². The molecule has 1 aliphatic heterocycles. The highest BCUT2D eigenvalue weighted by Crippen LogP contribution is 2.32. The van der Waals surface area contributed by atoms with Crippen LogP contribution in [0.4, 0.5) is 10.7 Å². The molecule has 0 spiro atoms. The highest BCUT2D eigenvalue weighted by atomic mass is 35.5. The molecule has 0 aliphatic carbocycles. The lowest BCUT2D eigenvalue weighted by atomic mass is 10.2. The molecule has 7 nitrogen and oxygen atoms in total. The molecule has 0 unspecified atom stereocenters. The second-order valence-electron chi connectivity index (χ2n) is 5.95. The smallest absolute Gasteiger partial charge is 0.317 e. The van der Waals surface area contributed by atoms with Crippen molar-refractivity contribution in [3.05, 3.63) is 47.7 Å². The first-order valence-electron chi connectivity index (χ1n) is 8.51. The maximum Gasteiger partial charge on any atom is 0.317 e. The number of nitrogens with one attached hydrogen (secondary N) is 2. The van der Waals surface area contributed by atoms with Crippen LogP contribution in [0.3, 0.4) is 0 Å². The molecule has 3 aromatic rings. The van der Waals surface area contributed by atoms with Crippen molar-refractivity contribution in [1.29, 1.82) is 0 Å². The summed E-state index contributed by atoms with van der Waals surface area (Å²) in [6, 6.07) is 9.46. The van der Waals surface area contributed by atoms with E-state index in [1.165, 1.54) is 0 Å². The number of hydrogen-bond acceptors (Lipinski definition) is 6. The van der Waals surface area contributed by atoms with E-state index in [9.17, 15) is 4.79 Å². The van der Waals surface area contributed by atoms with Crippen LogP contribution >= 0.6 is 22.9 Å². The molecule has 2 N–H and O–H groups in total. The standard InChI is InChI=1S/C18H17ClN6OS/c19-13-3-1-2-12(10-13)16-23-11-15(27-16)14-4-5-20-17(24-14)21-6-8-25-9-7-22-18(25)26/h1-5,10-11H,6-9H2,(H,22,26)(H,20,21,24). The maximum absolute atomic E-state index is 11.5. The molecular formula is C18H17ClN6OS. The number of urea groups is 1. The molecule has 2 aromatic heterocycles. The third-order valence-electron chi connectivity index (χ3n) is 4.10. The van der Waals surface area contributed by atoms with E-state index >= 15 is 0 Å². The number of thiazole rings is 1. The van der Waals surface area contributed by atoms with Crippen LogP contribution in [0.5, 0.6) is 0 Å². The minimum absolute atomic E-state index is 0.0235. The van der Waals surface area contributed by atoms with Crippen LogP contribution in [0.25, 0.3) is 21.1 Å². The van der Waals surface area contributed by atoms with Gasteiger partial charge in [0.05, 0.1) is 10.6 Å². The summed E-state index contributed by atoms with van der Waals surface area (Å²) in [6.45, 7) is 2.63. The number of halogens is 1. The highest BCUT2D eigenvalue weighted by molar-refractivity contribution is 7.18. The van der Waals surface area contributed by atoms with Crippen molar-refractivity contribution in [2.45, 2.75) is 0 Å². The fraction of sp³-hybridized carbons (Fsp3) is 0.222. The molecule has 0 bridgehead atoms. The molecular weight excluding hydrogens is 384 g/mol. The number of hydrogen-bond donors (Lipinski definition) is 2. The SMILES string of the molecule is O=C1NCCN1CCNc1nccc(-c2cnc(-c3cccc(Cl)c3)s2)n1. The molecule has 3 heterocycles. The molecule has 4 rings (SSSR count). The first-order valence-corrected chi connectivity index (χ1v) is 9.70. The Morgan fingerprint density at radius 3 is 3.04 bits per heavy atom. The van der Waals surface area contributed by atoms with Gasteiger partial charge in [0, 0.05) is 49.2 Å². The van der Waals surface area contributed by atoms with Gasteiger partial charge in [0.15, 0.2) is 0 Å². The molecule has 27 heavy (non-hydrogen) atoms. The van der Waals surface area contributed by atoms with Gasteiger partial charge in [-0.3, -0.25) is 0 Å². The number of aromatic nitrogens is 3. The van der Waals surface area contributed by atoms with Crippen molar-refractivity contribution in [3.63, 3.8) is 0 Å². The summed E-state index contributed by atoms with van der Waals surface area (Å²) in [6.07, 6.45) is 3.52. The number of carbonyl (C=O) groups excluding carboxylic acids is 1. The molecule has 9 heteroatoms. The van der Waals surface area contributed by atoms with E-state index in [0.29, 0.717) is 30.6 Å². The third-order valence-corrected chi connectivity index (χ3v) is 5.40. The lowest BCUT2D eigenvalue weighted by Crippen LogP contribution is -2.32. The third kappa shape index (κ3) is 4.17. The highest BCUT2D eigenvalue weighted by Gasteiger charge is 2.18. The van der Waals surface area contributed by atoms with Crippen molar-refractivity contribution in [2.75, 3.05) is 31.5 Å². The maximum atomic E-state index is 11.5. The van der Waals surface area contributed by atoms with Crippen molar-refractivity contribution in [1.82, 2.24) is 25.2 Å². The number of nitrogens with zero attached hydrogens (tertiary/aromatic N) is 4. The van der Waals surface area contributed by atoms with Crippen molar-refractivity contribution >= 4 is 34.9 Å². The lowest BCUT2D eigenvalue weighted by molar-refractivity contribution is 0.219. The van der Waals surface area contributed by atoms with E-state index in [2.05, 4.69) is 25.6 Å². The Hall–Kier alpha value is -2.71. The van der Waals surface area contributed by atoms with Crippen molar-refractivity contribution in [2.24, 2.45) is 0 Å². The minimum atomic E-state index is -0.0235. The topological polar surface area (TPSA) is 83.0 Å². The zero-order chi connectivity index (χ0) is 18.6. The van der Waals surface area contributed by atoms with Crippen LogP contribution in [-0.4, -0.2) is 52.1 Å². The summed E-state index contributed by atoms with van der Waals surface area (Å²) >= 11 is 7.62. The summed E-state index contributed by atoms with van der Waals surface area (Å²) in [4.78, 5) is 27.5. The van der Waals surface area contributed by atoms with Gasteiger partial charge in [-0.2, -0.15) is 0 Å². The largest absolute Gasteiger partial charge is 0.352 e. The molecule has 2 amide bonds. The number of amides is 2. The van der Waals surface area contributed by atoms with E-state index in [4.69, 9.17) is 11.6 Å². The summed E-state index contributed by atoms with van der Waals surface area (Å²) in [5.41, 5.74) is 1.78. The predicted octanol–water partition coefficient (Wildman–Crippen LogP) is 3.36. The average molecular weight is 401 g/mol. The van der Waals surface area contributed by atoms with Crippen LogP contribution in [0.2, 0.25) is 5.02 Å². The Bertz CT molecular complexity index is 962. The molecule has 1 fully saturated rings. The van der Waals surface area contributed by atoms with E-state index in [1.807, 2.05) is 36.5 Å². The molecule has 1 saturated heterocycles. The van der Waals surface area contributed by atoms with Crippen LogP contribution in [0.1, 0.15) is 0 Å². The van der Waals surface area contributed by atoms with Gasteiger partial charge < -0.3 is 15.5 Å². The Morgan fingerprint density at radius 2 is 2.22 bits per heavy atom. The zero-order valence-electron chi connectivity index (χ0n) is 14.4. The van der Waals surface area contributed by atoms with Crippen LogP contribution in [0, 0.1) is 0 Å². The molecule has 0 atom stereocenters. The minimum Gasteiger partial charge on any atom is -0.352 e. The average Bonchev–Trinajstić information content (AvgIpc) is 3.32. The van der Waals surface area contributed by atoms with Crippen molar-refractivity contribution in [3.8, 4) is 21.1 Å². The second-order valence-corrected chi connectivity index (χ2v) is 7.42. The van der Waals surface area contributed by atoms with Gasteiger partial charge >= 0.3 is 6.03 Å². The van der Waals surface area contributed by atoms with Crippen molar-refractivity contribution < 1.29 is 4.79 Å². The van der Waals surface area contributed by atoms with Gasteiger partial charge in [-0.05, 0) is 18.2 Å². The predicted molar refractivity (Wildman–Crippen MR) is 107 cm³/mol. The van der Waals surface area contributed by atoms with Gasteiger partial charge in [0.1, 0.15) is 5.01 Å². The van der Waals surface area contributed by atoms with Gasteiger partial charge in [-0.15, -0.1) is 11.3 Å². The number of anilines is 1. The Balaban J connectivity index is 1.44. The summed E-state index contributed by atoms with van der Waals surface area (Å²) < 4.78 is 0. The lowest BCUT2D eigenvalue weighted by Gasteiger charge is -2.14. The number of rotatable bonds is 6. The normalized spacial score (nSPS) is 13.7. The summed E-state index contributed by atoms with van der Waals surface area (Å²) in [7, 11) is 0. The number of benzene rings is 1. The first kappa shape index (κ1) is 17.7. The Kier molecular flexibility index (Phi) is 5.17. The Labute approximate surface area is 165 Å². The molecule has 1 aromatic carbocycles. The van der Waals surface area contributed by atoms with Gasteiger partial charge in [0.2, 0.25) is 5.95 Å². The fourth-order valence-electron chi connectivity index (χ4n) is 2.76. The second kappa shape index (κ2) is 7.89. The summed E-state index contributed by atoms with van der Waals surface area (Å²) in [5.74, 6) is 0.532. The molecule has 138 valence electrons. The van der Waals surface area contributed by atoms with E-state index in [-0.39, 0.29) is 6.03 Å². The molecule has 0 radical (unpaired) electrons. The fourth-order valence-corrected chi connectivity index (χ4v) is 3.83. The zero-order valence-corrected chi connectivity index (χ0v) is 15.9. The van der Waals surface area contributed by atoms with Crippen LogP contribution in [-0.2, 0) is 0 Å². The number of carbonyl (C=O) groups is 1. The summed E-state index contributed by atoms with van der Waals surface area (Å²) in [5, 5.41) is 7.53. The monoisotopic (exact) mass is 400 g/mol. The van der Waals surface area contributed by atoms with Gasteiger partial charge in [0.25, 0.3) is 0 Å². The Morgan fingerprint density at radius 1 is 1.30 bits per heavy atom.